The largest absolute Gasteiger partial charge is 0.512 e. The van der Waals surface area contributed by atoms with Gasteiger partial charge in [0.05, 0.1) is 17.0 Å². The van der Waals surface area contributed by atoms with Gasteiger partial charge in [-0.15, -0.1) is 28.9 Å². The van der Waals surface area contributed by atoms with Gasteiger partial charge in [0.1, 0.15) is 5.75 Å². The molecule has 0 aliphatic carbocycles. The van der Waals surface area contributed by atoms with Crippen molar-refractivity contribution in [1.29, 1.82) is 0 Å². The van der Waals surface area contributed by atoms with Crippen LogP contribution in [-0.2, 0) is 31.3 Å². The van der Waals surface area contributed by atoms with Gasteiger partial charge >= 0.3 is 0 Å². The van der Waals surface area contributed by atoms with Crippen LogP contribution in [0.3, 0.4) is 0 Å². The number of aromatic nitrogens is 1. The number of hydrogen-bond donors (Lipinski definition) is 1. The molecule has 4 nitrogen and oxygen atoms in total. The predicted octanol–water partition coefficient (Wildman–Crippen LogP) is 11.9. The van der Waals surface area contributed by atoms with Crippen molar-refractivity contribution in [3.8, 4) is 22.8 Å². The Balaban J connectivity index is 0.000000259. The van der Waals surface area contributed by atoms with Crippen molar-refractivity contribution < 1.29 is 34.7 Å². The van der Waals surface area contributed by atoms with Gasteiger partial charge in [0.25, 0.3) is 0 Å². The number of ketones is 1. The zero-order chi connectivity index (χ0) is 32.5. The summed E-state index contributed by atoms with van der Waals surface area (Å²) in [4.78, 5) is 18.1. The third kappa shape index (κ3) is 7.10. The number of aliphatic hydroxyl groups is 1. The van der Waals surface area contributed by atoms with E-state index >= 15 is 0 Å². The number of para-hydroxylation sites is 1. The van der Waals surface area contributed by atoms with E-state index in [0.717, 1.165) is 76.7 Å². The van der Waals surface area contributed by atoms with Gasteiger partial charge in [-0.1, -0.05) is 101 Å². The fourth-order valence-corrected chi connectivity index (χ4v) is 7.85. The second-order valence-electron chi connectivity index (χ2n) is 13.4. The molecule has 2 aromatic heterocycles. The second kappa shape index (κ2) is 14.8. The molecule has 0 atom stereocenters. The smallest absolute Gasteiger partial charge is 0.162 e. The summed E-state index contributed by atoms with van der Waals surface area (Å²) in [5.74, 6) is 2.45. The van der Waals surface area contributed by atoms with E-state index in [2.05, 4.69) is 82.3 Å². The van der Waals surface area contributed by atoms with E-state index in [-0.39, 0.29) is 48.9 Å². The molecule has 0 unspecified atom stereocenters. The van der Waals surface area contributed by atoms with Gasteiger partial charge in [-0.25, -0.2) is 0 Å². The molecule has 5 aromatic rings. The van der Waals surface area contributed by atoms with Crippen molar-refractivity contribution in [3.05, 3.63) is 76.9 Å². The Labute approximate surface area is 291 Å². The molecule has 0 amide bonds. The normalized spacial score (nSPS) is 12.6. The molecule has 1 aliphatic heterocycles. The number of carbonyl (C=O) groups is 1. The Hall–Kier alpha value is -3.05. The fourth-order valence-electron chi connectivity index (χ4n) is 6.29. The van der Waals surface area contributed by atoms with Crippen molar-refractivity contribution in [1.82, 2.24) is 4.98 Å². The van der Waals surface area contributed by atoms with E-state index in [4.69, 9.17) is 9.72 Å². The summed E-state index contributed by atoms with van der Waals surface area (Å²) in [5.41, 5.74) is 4.34. The number of aliphatic hydroxyl groups excluding tert-OH is 1. The van der Waals surface area contributed by atoms with Gasteiger partial charge in [0.2, 0.25) is 0 Å². The van der Waals surface area contributed by atoms with Gasteiger partial charge in [0, 0.05) is 64.1 Å². The molecule has 0 spiro atoms. The molecule has 46 heavy (non-hydrogen) atoms. The van der Waals surface area contributed by atoms with E-state index in [1.807, 2.05) is 39.0 Å². The number of ether oxygens (including phenoxy) is 1. The molecule has 6 heteroatoms. The standard InChI is InChI=1S/C27H22NOS.C13H24O2.Ir/c1-15-17-10-6-5-9-16(17)13-19-23-22-25(29-24(15)19)21(14-27(2,3)4)30-26(22)18-11-7-8-12-20(18)28-23;1-5-10(6-2)12(14)9-13(15)11(7-3)8-4;/h5-12H,14H2,1-4H3;9-11,14H,5-8H2,1-4H3;/q-1;;/b;12-9-;. The summed E-state index contributed by atoms with van der Waals surface area (Å²) in [7, 11) is 0. The Kier molecular flexibility index (Phi) is 11.5. The molecule has 0 fully saturated rings. The van der Waals surface area contributed by atoms with E-state index in [0.29, 0.717) is 0 Å². The van der Waals surface area contributed by atoms with Crippen LogP contribution in [0.1, 0.15) is 84.6 Å². The molecule has 0 saturated carbocycles. The molecular formula is C40H46IrNO3S-. The van der Waals surface area contributed by atoms with Crippen molar-refractivity contribution in [2.75, 3.05) is 0 Å². The Morgan fingerprint density at radius 1 is 0.935 bits per heavy atom. The maximum atomic E-state index is 11.7. The van der Waals surface area contributed by atoms with Gasteiger partial charge in [-0.05, 0) is 50.5 Å². The Bertz CT molecular complexity index is 1890. The van der Waals surface area contributed by atoms with Crippen molar-refractivity contribution >= 4 is 48.9 Å². The number of rotatable bonds is 8. The van der Waals surface area contributed by atoms with Crippen LogP contribution in [0.5, 0.6) is 11.5 Å². The monoisotopic (exact) mass is 813 g/mol. The van der Waals surface area contributed by atoms with Crippen LogP contribution in [0, 0.1) is 30.2 Å². The van der Waals surface area contributed by atoms with E-state index in [1.54, 1.807) is 0 Å². The Morgan fingerprint density at radius 3 is 2.17 bits per heavy atom. The van der Waals surface area contributed by atoms with Crippen LogP contribution < -0.4 is 4.74 Å². The van der Waals surface area contributed by atoms with E-state index in [1.165, 1.54) is 26.4 Å². The van der Waals surface area contributed by atoms with Crippen LogP contribution in [0.15, 0.2) is 60.4 Å². The van der Waals surface area contributed by atoms with Gasteiger partial charge in [-0.3, -0.25) is 9.78 Å². The number of allylic oxidation sites excluding steroid dienone is 2. The molecule has 1 radical (unpaired) electrons. The average Bonchev–Trinajstić information content (AvgIpc) is 3.36. The van der Waals surface area contributed by atoms with Crippen LogP contribution in [0.25, 0.3) is 43.0 Å². The van der Waals surface area contributed by atoms with Gasteiger partial charge in [0.15, 0.2) is 5.78 Å². The summed E-state index contributed by atoms with van der Waals surface area (Å²) < 4.78 is 7.97. The average molecular weight is 813 g/mol. The first-order valence-electron chi connectivity index (χ1n) is 16.4. The quantitative estimate of drug-likeness (QED) is 0.0945. The molecule has 3 heterocycles. The minimum Gasteiger partial charge on any atom is -0.512 e. The maximum Gasteiger partial charge on any atom is 0.162 e. The zero-order valence-corrected chi connectivity index (χ0v) is 31.6. The van der Waals surface area contributed by atoms with Crippen LogP contribution >= 0.6 is 11.3 Å². The van der Waals surface area contributed by atoms with Crippen LogP contribution in [-0.4, -0.2) is 15.9 Å². The molecule has 245 valence electrons. The second-order valence-corrected chi connectivity index (χ2v) is 14.5. The minimum atomic E-state index is 0. The molecule has 1 N–H and O–H groups in total. The first-order chi connectivity index (χ1) is 21.5. The third-order valence-corrected chi connectivity index (χ3v) is 10.1. The summed E-state index contributed by atoms with van der Waals surface area (Å²) in [6.45, 7) is 17.1. The number of benzene rings is 3. The maximum absolute atomic E-state index is 11.7. The topological polar surface area (TPSA) is 59.4 Å². The van der Waals surface area contributed by atoms with Crippen LogP contribution in [0.4, 0.5) is 0 Å². The predicted molar refractivity (Wildman–Crippen MR) is 191 cm³/mol. The number of aryl methyl sites for hydroxylation is 1. The van der Waals surface area contributed by atoms with E-state index < -0.39 is 0 Å². The van der Waals surface area contributed by atoms with Crippen molar-refractivity contribution in [3.63, 3.8) is 0 Å². The first kappa shape index (κ1) is 35.8. The van der Waals surface area contributed by atoms with Gasteiger partial charge in [-0.2, -0.15) is 0 Å². The number of carbonyl (C=O) groups excluding carboxylic acids is 1. The summed E-state index contributed by atoms with van der Waals surface area (Å²) >= 11 is 1.86. The molecule has 6 rings (SSSR count). The number of hydrogen-bond acceptors (Lipinski definition) is 5. The fraction of sp³-hybridized carbons (Fsp3) is 0.400. The minimum absolute atomic E-state index is 0. The van der Waals surface area contributed by atoms with Crippen LogP contribution in [0.2, 0.25) is 0 Å². The molecule has 0 bridgehead atoms. The summed E-state index contributed by atoms with van der Waals surface area (Å²) in [6.07, 6.45) is 5.88. The first-order valence-corrected chi connectivity index (χ1v) is 17.2. The summed E-state index contributed by atoms with van der Waals surface area (Å²) in [6, 6.07) is 20.5. The molecule has 1 aliphatic rings. The van der Waals surface area contributed by atoms with Crippen molar-refractivity contribution in [2.24, 2.45) is 17.3 Å². The molecule has 0 saturated heterocycles. The number of pyridine rings is 1. The van der Waals surface area contributed by atoms with E-state index in [9.17, 15) is 9.90 Å². The number of fused-ring (bicyclic) bond motifs is 5. The molecular weight excluding hydrogens is 767 g/mol. The van der Waals surface area contributed by atoms with Crippen molar-refractivity contribution in [2.45, 2.75) is 87.5 Å². The molecule has 3 aromatic carbocycles. The van der Waals surface area contributed by atoms with Gasteiger partial charge < -0.3 is 9.84 Å². The summed E-state index contributed by atoms with van der Waals surface area (Å²) in [5, 5.41) is 14.4. The number of thiophene rings is 1. The Morgan fingerprint density at radius 2 is 1.54 bits per heavy atom. The zero-order valence-electron chi connectivity index (χ0n) is 28.3. The SMILES string of the molecule is CCC(CC)C(=O)/C=C(\O)C(CC)CC.Cc1c2c([c-]c3ccccc13)-c1nc3ccccc3c3sc(CC(C)(C)C)c(c13)O2.[Ir]. The number of nitrogens with zero attached hydrogens (tertiary/aromatic N) is 1. The third-order valence-electron chi connectivity index (χ3n) is 8.92.